The van der Waals surface area contributed by atoms with Crippen molar-refractivity contribution in [2.24, 2.45) is 5.92 Å². The molecule has 36 heavy (non-hydrogen) atoms. The molecule has 1 aliphatic rings. The molecule has 3 aromatic rings. The fourth-order valence-electron chi connectivity index (χ4n) is 4.19. The average Bonchev–Trinajstić information content (AvgIpc) is 3.32. The van der Waals surface area contributed by atoms with Gasteiger partial charge in [0.25, 0.3) is 5.91 Å². The van der Waals surface area contributed by atoms with Crippen LogP contribution in [0.25, 0.3) is 10.2 Å². The second-order valence-corrected chi connectivity index (χ2v) is 11.0. The van der Waals surface area contributed by atoms with Crippen LogP contribution >= 0.6 is 11.3 Å². The van der Waals surface area contributed by atoms with Crippen LogP contribution in [0.4, 0.5) is 10.7 Å². The Morgan fingerprint density at radius 3 is 2.67 bits per heavy atom. The fraction of sp³-hybridized carbons (Fsp3) is 0.500. The summed E-state index contributed by atoms with van der Waals surface area (Å²) in [6, 6.07) is 7.53. The van der Waals surface area contributed by atoms with Gasteiger partial charge in [0, 0.05) is 25.8 Å². The van der Waals surface area contributed by atoms with Crippen molar-refractivity contribution in [2.45, 2.75) is 58.6 Å². The minimum atomic E-state index is -0.487. The number of carbonyl (C=O) groups excluding carboxylic acids is 2. The molecule has 0 spiro atoms. The largest absolute Gasteiger partial charge is 0.444 e. The van der Waals surface area contributed by atoms with E-state index in [1.807, 2.05) is 57.3 Å². The van der Waals surface area contributed by atoms with E-state index in [0.717, 1.165) is 35.2 Å². The number of likely N-dealkylation sites (tertiary alicyclic amines) is 1. The van der Waals surface area contributed by atoms with Crippen LogP contribution in [-0.4, -0.2) is 57.1 Å². The highest BCUT2D eigenvalue weighted by atomic mass is 32.1. The predicted octanol–water partition coefficient (Wildman–Crippen LogP) is 5.03. The van der Waals surface area contributed by atoms with Crippen LogP contribution in [0, 0.1) is 5.92 Å². The molecule has 192 valence electrons. The van der Waals surface area contributed by atoms with Gasteiger partial charge >= 0.3 is 6.09 Å². The summed E-state index contributed by atoms with van der Waals surface area (Å²) in [6.45, 7) is 9.53. The van der Waals surface area contributed by atoms with Crippen molar-refractivity contribution in [1.82, 2.24) is 25.2 Å². The molecule has 0 saturated carbocycles. The van der Waals surface area contributed by atoms with E-state index in [2.05, 4.69) is 25.6 Å². The second-order valence-electron chi connectivity index (χ2n) is 10.1. The highest BCUT2D eigenvalue weighted by Gasteiger charge is 2.27. The zero-order valence-electron chi connectivity index (χ0n) is 21.3. The molecule has 2 N–H and O–H groups in total. The van der Waals surface area contributed by atoms with Gasteiger partial charge in [0.05, 0.1) is 22.0 Å². The lowest BCUT2D eigenvalue weighted by Gasteiger charge is -2.33. The molecule has 3 aromatic heterocycles. The van der Waals surface area contributed by atoms with Gasteiger partial charge in [-0.1, -0.05) is 6.07 Å². The van der Waals surface area contributed by atoms with Gasteiger partial charge in [-0.05, 0) is 76.5 Å². The van der Waals surface area contributed by atoms with Crippen molar-refractivity contribution in [2.75, 3.05) is 25.0 Å². The molecule has 1 fully saturated rings. The quantitative estimate of drug-likeness (QED) is 0.459. The number of ether oxygens (including phenoxy) is 1. The van der Waals surface area contributed by atoms with Crippen molar-refractivity contribution < 1.29 is 14.3 Å². The van der Waals surface area contributed by atoms with Gasteiger partial charge in [0.15, 0.2) is 5.69 Å². The smallest absolute Gasteiger partial charge is 0.410 e. The van der Waals surface area contributed by atoms with Crippen LogP contribution in [0.5, 0.6) is 0 Å². The minimum absolute atomic E-state index is 0.107. The van der Waals surface area contributed by atoms with Gasteiger partial charge in [0.2, 0.25) is 5.95 Å². The van der Waals surface area contributed by atoms with Crippen LogP contribution in [0.3, 0.4) is 0 Å². The topological polar surface area (TPSA) is 109 Å². The van der Waals surface area contributed by atoms with Gasteiger partial charge < -0.3 is 20.3 Å². The normalized spacial score (nSPS) is 15.5. The maximum atomic E-state index is 13.1. The number of nitrogens with one attached hydrogen (secondary N) is 2. The number of amides is 2. The zero-order valence-corrected chi connectivity index (χ0v) is 22.1. The van der Waals surface area contributed by atoms with E-state index in [-0.39, 0.29) is 18.0 Å². The van der Waals surface area contributed by atoms with Crippen LogP contribution in [0.2, 0.25) is 0 Å². The van der Waals surface area contributed by atoms with Crippen molar-refractivity contribution in [3.05, 3.63) is 47.2 Å². The number of carbonyl (C=O) groups is 2. The first-order valence-electron chi connectivity index (χ1n) is 12.4. The Hall–Kier alpha value is -3.27. The van der Waals surface area contributed by atoms with Crippen LogP contribution in [0.1, 0.15) is 69.2 Å². The number of thiophene rings is 1. The number of hydrogen-bond acceptors (Lipinski definition) is 8. The summed E-state index contributed by atoms with van der Waals surface area (Å²) < 4.78 is 6.24. The van der Waals surface area contributed by atoms with Gasteiger partial charge in [-0.3, -0.25) is 9.78 Å². The SMILES string of the molecule is CC(Nc1nc(C(=O)NCCC2CCN(C(=O)OC(C)(C)C)CC2)c2sccc2n1)c1ccccn1. The third kappa shape index (κ3) is 6.69. The standard InChI is InChI=1S/C26H34N6O3S/c1-17(19-7-5-6-12-27-19)29-24-30-20-11-16-36-22(20)21(31-24)23(33)28-13-8-18-9-14-32(15-10-18)25(34)35-26(2,3)4/h5-7,11-12,16-18H,8-10,13-15H2,1-4H3,(H,28,33)(H,29,30,31). The molecule has 1 atom stereocenters. The predicted molar refractivity (Wildman–Crippen MR) is 141 cm³/mol. The Bertz CT molecular complexity index is 1190. The summed E-state index contributed by atoms with van der Waals surface area (Å²) >= 11 is 1.46. The third-order valence-electron chi connectivity index (χ3n) is 6.10. The summed E-state index contributed by atoms with van der Waals surface area (Å²) in [5.41, 5.74) is 1.50. The Morgan fingerprint density at radius 2 is 1.97 bits per heavy atom. The Kier molecular flexibility index (Phi) is 8.03. The monoisotopic (exact) mass is 510 g/mol. The first-order chi connectivity index (χ1) is 17.2. The lowest BCUT2D eigenvalue weighted by molar-refractivity contribution is 0.0182. The van der Waals surface area contributed by atoms with Gasteiger partial charge in [-0.2, -0.15) is 0 Å². The molecule has 0 radical (unpaired) electrons. The fourth-order valence-corrected chi connectivity index (χ4v) is 5.00. The number of pyridine rings is 1. The van der Waals surface area contributed by atoms with E-state index in [0.29, 0.717) is 37.2 Å². The molecule has 4 rings (SSSR count). The first kappa shape index (κ1) is 25.8. The number of hydrogen-bond donors (Lipinski definition) is 2. The van der Waals surface area contributed by atoms with Gasteiger partial charge in [-0.15, -0.1) is 11.3 Å². The molecule has 10 heteroatoms. The Morgan fingerprint density at radius 1 is 1.19 bits per heavy atom. The average molecular weight is 511 g/mol. The van der Waals surface area contributed by atoms with Crippen molar-refractivity contribution >= 4 is 39.5 Å². The number of rotatable bonds is 7. The Balaban J connectivity index is 1.32. The molecule has 0 aliphatic carbocycles. The molecular formula is C26H34N6O3S. The highest BCUT2D eigenvalue weighted by molar-refractivity contribution is 7.17. The summed E-state index contributed by atoms with van der Waals surface area (Å²) in [5, 5.41) is 8.22. The molecule has 0 bridgehead atoms. The zero-order chi connectivity index (χ0) is 25.7. The maximum absolute atomic E-state index is 13.1. The van der Waals surface area contributed by atoms with E-state index in [9.17, 15) is 9.59 Å². The molecule has 9 nitrogen and oxygen atoms in total. The third-order valence-corrected chi connectivity index (χ3v) is 7.01. The van der Waals surface area contributed by atoms with Crippen molar-refractivity contribution in [3.63, 3.8) is 0 Å². The first-order valence-corrected chi connectivity index (χ1v) is 13.3. The van der Waals surface area contributed by atoms with E-state index in [1.165, 1.54) is 11.3 Å². The lowest BCUT2D eigenvalue weighted by atomic mass is 9.94. The lowest BCUT2D eigenvalue weighted by Crippen LogP contribution is -2.42. The number of aromatic nitrogens is 3. The number of nitrogens with zero attached hydrogens (tertiary/aromatic N) is 4. The van der Waals surface area contributed by atoms with Crippen molar-refractivity contribution in [1.29, 1.82) is 0 Å². The number of piperidine rings is 1. The van der Waals surface area contributed by atoms with Gasteiger partial charge in [0.1, 0.15) is 5.60 Å². The number of fused-ring (bicyclic) bond motifs is 1. The molecule has 1 saturated heterocycles. The summed E-state index contributed by atoms with van der Waals surface area (Å²) in [6.07, 6.45) is 4.15. The van der Waals surface area contributed by atoms with E-state index >= 15 is 0 Å². The van der Waals surface area contributed by atoms with E-state index < -0.39 is 5.60 Å². The Labute approximate surface area is 215 Å². The molecule has 1 unspecified atom stereocenters. The molecular weight excluding hydrogens is 476 g/mol. The van der Waals surface area contributed by atoms with Crippen LogP contribution < -0.4 is 10.6 Å². The minimum Gasteiger partial charge on any atom is -0.444 e. The molecule has 1 aliphatic heterocycles. The summed E-state index contributed by atoms with van der Waals surface area (Å²) in [4.78, 5) is 40.6. The highest BCUT2D eigenvalue weighted by Crippen LogP contribution is 2.26. The second kappa shape index (κ2) is 11.2. The maximum Gasteiger partial charge on any atom is 0.410 e. The summed E-state index contributed by atoms with van der Waals surface area (Å²) in [7, 11) is 0. The van der Waals surface area contributed by atoms with Crippen LogP contribution in [-0.2, 0) is 4.74 Å². The van der Waals surface area contributed by atoms with Crippen molar-refractivity contribution in [3.8, 4) is 0 Å². The molecule has 4 heterocycles. The summed E-state index contributed by atoms with van der Waals surface area (Å²) in [5.74, 6) is 0.649. The van der Waals surface area contributed by atoms with E-state index in [4.69, 9.17) is 4.74 Å². The van der Waals surface area contributed by atoms with E-state index in [1.54, 1.807) is 11.1 Å². The molecule has 2 amide bonds. The number of anilines is 1. The van der Waals surface area contributed by atoms with Gasteiger partial charge in [-0.25, -0.2) is 14.8 Å². The molecule has 0 aromatic carbocycles. The van der Waals surface area contributed by atoms with Crippen LogP contribution in [0.15, 0.2) is 35.8 Å².